The number of hydrogen-bond donors (Lipinski definition) is 4. The Labute approximate surface area is 258 Å². The Morgan fingerprint density at radius 3 is 2.30 bits per heavy atom. The molecule has 0 heterocycles. The molecule has 4 saturated carbocycles. The lowest BCUT2D eigenvalue weighted by Crippen LogP contribution is -2.68. The van der Waals surface area contributed by atoms with Crippen molar-refractivity contribution in [2.24, 2.45) is 45.3 Å². The number of rotatable bonds is 7. The molecule has 5 aliphatic rings. The molecule has 6 nitrogen and oxygen atoms in total. The van der Waals surface area contributed by atoms with Crippen LogP contribution in [0.3, 0.4) is 0 Å². The lowest BCUT2D eigenvalue weighted by Gasteiger charge is -2.72. The van der Waals surface area contributed by atoms with Gasteiger partial charge in [-0.2, -0.15) is 0 Å². The van der Waals surface area contributed by atoms with Gasteiger partial charge in [-0.1, -0.05) is 59.2 Å². The predicted molar refractivity (Wildman–Crippen MR) is 170 cm³/mol. The molecule has 0 saturated heterocycles. The van der Waals surface area contributed by atoms with E-state index in [9.17, 15) is 14.7 Å². The van der Waals surface area contributed by atoms with Crippen molar-refractivity contribution < 1.29 is 19.8 Å². The molecule has 6 heteroatoms. The van der Waals surface area contributed by atoms with E-state index in [0.29, 0.717) is 35.8 Å². The van der Waals surface area contributed by atoms with Crippen LogP contribution in [-0.4, -0.2) is 47.3 Å². The standard InChI is InChI=1S/C37H54N2O4/c1-33(2)26(24-8-10-25(11-9-24)32(42)43)14-17-34(3)29(33)15-18-36(5)30(34)13-12-27-28-7-6-16-37(28,20-19-35(27,36)4)39-31(41)23-38-21-22-40/h8-11,14,27-30,38,40H,6-7,12-13,15-23H2,1-5H3,(H,39,41)(H,42,43)/t27-,28?,29?,30?,34+,35-,36-,37+/m1/s1. The zero-order valence-electron chi connectivity index (χ0n) is 27.1. The van der Waals surface area contributed by atoms with Crippen LogP contribution in [-0.2, 0) is 4.79 Å². The fourth-order valence-corrected chi connectivity index (χ4v) is 12.3. The topological polar surface area (TPSA) is 98.7 Å². The maximum absolute atomic E-state index is 13.0. The molecule has 1 amide bonds. The van der Waals surface area contributed by atoms with Gasteiger partial charge in [-0.25, -0.2) is 4.79 Å². The molecule has 3 unspecified atom stereocenters. The summed E-state index contributed by atoms with van der Waals surface area (Å²) in [7, 11) is 0. The number of nitrogens with one attached hydrogen (secondary N) is 2. The van der Waals surface area contributed by atoms with Crippen molar-refractivity contribution in [2.45, 2.75) is 104 Å². The van der Waals surface area contributed by atoms with E-state index in [1.807, 2.05) is 12.1 Å². The molecule has 0 aromatic heterocycles. The van der Waals surface area contributed by atoms with Crippen LogP contribution in [0.2, 0.25) is 0 Å². The largest absolute Gasteiger partial charge is 0.478 e. The molecule has 6 rings (SSSR count). The van der Waals surface area contributed by atoms with Gasteiger partial charge in [0.05, 0.1) is 18.7 Å². The highest BCUT2D eigenvalue weighted by atomic mass is 16.4. The van der Waals surface area contributed by atoms with Crippen LogP contribution in [0.25, 0.3) is 5.57 Å². The summed E-state index contributed by atoms with van der Waals surface area (Å²) in [6.07, 6.45) is 14.4. The lowest BCUT2D eigenvalue weighted by atomic mass is 9.33. The third-order valence-electron chi connectivity index (χ3n) is 14.3. The molecule has 1 aromatic rings. The normalized spacial score (nSPS) is 41.2. The van der Waals surface area contributed by atoms with Gasteiger partial charge in [0.2, 0.25) is 5.91 Å². The van der Waals surface area contributed by atoms with Crippen molar-refractivity contribution in [3.05, 3.63) is 41.5 Å². The molecule has 1 aromatic carbocycles. The third kappa shape index (κ3) is 4.56. The van der Waals surface area contributed by atoms with Crippen LogP contribution < -0.4 is 10.6 Å². The summed E-state index contributed by atoms with van der Waals surface area (Å²) in [5.41, 5.74) is 3.61. The van der Waals surface area contributed by atoms with Crippen LogP contribution in [0, 0.1) is 45.3 Å². The van der Waals surface area contributed by atoms with E-state index >= 15 is 0 Å². The second-order valence-electron chi connectivity index (χ2n) is 16.2. The van der Waals surface area contributed by atoms with E-state index in [4.69, 9.17) is 5.11 Å². The van der Waals surface area contributed by atoms with E-state index in [2.05, 4.69) is 51.3 Å². The number of aromatic carboxylic acids is 1. The highest BCUT2D eigenvalue weighted by Gasteiger charge is 2.69. The molecule has 0 aliphatic heterocycles. The lowest BCUT2D eigenvalue weighted by molar-refractivity contribution is -0.216. The van der Waals surface area contributed by atoms with E-state index in [1.54, 1.807) is 12.1 Å². The third-order valence-corrected chi connectivity index (χ3v) is 14.3. The molecule has 5 aliphatic carbocycles. The van der Waals surface area contributed by atoms with Crippen LogP contribution in [0.5, 0.6) is 0 Å². The van der Waals surface area contributed by atoms with Crippen molar-refractivity contribution in [1.29, 1.82) is 0 Å². The number of carbonyl (C=O) groups excluding carboxylic acids is 1. The molecule has 236 valence electrons. The van der Waals surface area contributed by atoms with Crippen molar-refractivity contribution in [1.82, 2.24) is 10.6 Å². The number of carbonyl (C=O) groups is 2. The second kappa shape index (κ2) is 10.7. The summed E-state index contributed by atoms with van der Waals surface area (Å²) in [4.78, 5) is 24.5. The first-order valence-corrected chi connectivity index (χ1v) is 17.0. The minimum atomic E-state index is -0.873. The summed E-state index contributed by atoms with van der Waals surface area (Å²) in [5, 5.41) is 25.2. The maximum Gasteiger partial charge on any atom is 0.335 e. The number of hydrogen-bond acceptors (Lipinski definition) is 4. The number of aliphatic hydroxyl groups excluding tert-OH is 1. The number of carboxylic acids is 1. The zero-order chi connectivity index (χ0) is 30.8. The Kier molecular flexibility index (Phi) is 7.69. The van der Waals surface area contributed by atoms with Crippen molar-refractivity contribution >= 4 is 17.4 Å². The Balaban J connectivity index is 1.27. The molecule has 4 fully saturated rings. The van der Waals surface area contributed by atoms with Gasteiger partial charge < -0.3 is 20.8 Å². The summed E-state index contributed by atoms with van der Waals surface area (Å²) in [6, 6.07) is 7.53. The van der Waals surface area contributed by atoms with Gasteiger partial charge >= 0.3 is 5.97 Å². The Morgan fingerprint density at radius 2 is 1.60 bits per heavy atom. The fraction of sp³-hybridized carbons (Fsp3) is 0.730. The zero-order valence-corrected chi connectivity index (χ0v) is 27.1. The summed E-state index contributed by atoms with van der Waals surface area (Å²) < 4.78 is 0. The van der Waals surface area contributed by atoms with Crippen LogP contribution in [0.1, 0.15) is 115 Å². The molecule has 4 N–H and O–H groups in total. The summed E-state index contributed by atoms with van der Waals surface area (Å²) >= 11 is 0. The average molecular weight is 591 g/mol. The van der Waals surface area contributed by atoms with Crippen LogP contribution >= 0.6 is 0 Å². The minimum absolute atomic E-state index is 0.0122. The molecule has 43 heavy (non-hydrogen) atoms. The highest BCUT2D eigenvalue weighted by molar-refractivity contribution is 5.88. The Morgan fingerprint density at radius 1 is 0.860 bits per heavy atom. The van der Waals surface area contributed by atoms with Crippen LogP contribution in [0.15, 0.2) is 30.3 Å². The van der Waals surface area contributed by atoms with E-state index in [-0.39, 0.29) is 46.3 Å². The number of aliphatic hydroxyl groups is 1. The number of amides is 1. The van der Waals surface area contributed by atoms with Crippen molar-refractivity contribution in [3.63, 3.8) is 0 Å². The summed E-state index contributed by atoms with van der Waals surface area (Å²) in [5.74, 6) is 1.66. The van der Waals surface area contributed by atoms with Gasteiger partial charge in [0.15, 0.2) is 0 Å². The van der Waals surface area contributed by atoms with E-state index in [0.717, 1.165) is 19.3 Å². The van der Waals surface area contributed by atoms with Gasteiger partial charge in [0.25, 0.3) is 0 Å². The fourth-order valence-electron chi connectivity index (χ4n) is 12.3. The van der Waals surface area contributed by atoms with E-state index < -0.39 is 5.97 Å². The molecular weight excluding hydrogens is 536 g/mol. The van der Waals surface area contributed by atoms with Gasteiger partial charge in [-0.15, -0.1) is 0 Å². The van der Waals surface area contributed by atoms with Gasteiger partial charge in [0, 0.05) is 12.1 Å². The minimum Gasteiger partial charge on any atom is -0.478 e. The van der Waals surface area contributed by atoms with Gasteiger partial charge in [-0.05, 0) is 126 Å². The predicted octanol–water partition coefficient (Wildman–Crippen LogP) is 6.68. The van der Waals surface area contributed by atoms with E-state index in [1.165, 1.54) is 56.1 Å². The first-order valence-electron chi connectivity index (χ1n) is 17.0. The molecule has 0 spiro atoms. The highest BCUT2D eigenvalue weighted by Crippen LogP contribution is 2.76. The SMILES string of the molecule is CC1(C)C(c2ccc(C(=O)O)cc2)=CC[C@@]2(C)C1CC[C@]1(C)C2CC[C@@H]2C3CCC[C@]3(NC(=O)CNCCO)CC[C@]21C. The summed E-state index contributed by atoms with van der Waals surface area (Å²) in [6.45, 7) is 13.6. The number of allylic oxidation sites excluding steroid dienone is 2. The maximum atomic E-state index is 13.0. The Bertz CT molecular complexity index is 1290. The molecular formula is C37H54N2O4. The number of benzene rings is 1. The van der Waals surface area contributed by atoms with Crippen molar-refractivity contribution in [3.8, 4) is 0 Å². The molecule has 0 bridgehead atoms. The second-order valence-corrected chi connectivity index (χ2v) is 16.2. The first kappa shape index (κ1) is 30.8. The van der Waals surface area contributed by atoms with Crippen LogP contribution in [0.4, 0.5) is 0 Å². The first-order chi connectivity index (χ1) is 20.3. The number of fused-ring (bicyclic) bond motifs is 7. The number of carboxylic acid groups (broad SMARTS) is 1. The average Bonchev–Trinajstić information content (AvgIpc) is 3.37. The monoisotopic (exact) mass is 590 g/mol. The van der Waals surface area contributed by atoms with Crippen molar-refractivity contribution in [2.75, 3.05) is 19.7 Å². The Hall–Kier alpha value is -2.18. The quantitative estimate of drug-likeness (QED) is 0.266. The molecule has 8 atom stereocenters. The molecule has 0 radical (unpaired) electrons. The van der Waals surface area contributed by atoms with Gasteiger partial charge in [-0.3, -0.25) is 4.79 Å². The van der Waals surface area contributed by atoms with Gasteiger partial charge in [0.1, 0.15) is 0 Å². The smallest absolute Gasteiger partial charge is 0.335 e.